The molecule has 4 nitrogen and oxygen atoms in total. The van der Waals surface area contributed by atoms with Gasteiger partial charge in [-0.3, -0.25) is 4.79 Å². The van der Waals surface area contributed by atoms with E-state index >= 15 is 0 Å². The highest BCUT2D eigenvalue weighted by Gasteiger charge is 2.09. The highest BCUT2D eigenvalue weighted by Crippen LogP contribution is 2.16. The van der Waals surface area contributed by atoms with E-state index in [-0.39, 0.29) is 11.6 Å². The molecule has 0 aliphatic carbocycles. The zero-order valence-corrected chi connectivity index (χ0v) is 11.6. The van der Waals surface area contributed by atoms with Crippen molar-refractivity contribution in [1.82, 2.24) is 9.78 Å². The predicted octanol–water partition coefficient (Wildman–Crippen LogP) is 1.87. The second-order valence-electron chi connectivity index (χ2n) is 5.00. The number of nitrogens with zero attached hydrogens (tertiary/aromatic N) is 2. The van der Waals surface area contributed by atoms with E-state index in [9.17, 15) is 4.79 Å². The molecule has 4 heteroatoms. The molecule has 0 spiro atoms. The van der Waals surface area contributed by atoms with Crippen LogP contribution in [0.25, 0.3) is 0 Å². The molecule has 0 amide bonds. The summed E-state index contributed by atoms with van der Waals surface area (Å²) in [4.78, 5) is 11.8. The summed E-state index contributed by atoms with van der Waals surface area (Å²) in [5.74, 6) is 0. The minimum Gasteiger partial charge on any atom is -0.322 e. The maximum atomic E-state index is 11.8. The van der Waals surface area contributed by atoms with Crippen molar-refractivity contribution in [3.05, 3.63) is 63.1 Å². The lowest BCUT2D eigenvalue weighted by Crippen LogP contribution is -2.28. The lowest BCUT2D eigenvalue weighted by atomic mass is 10.0. The van der Waals surface area contributed by atoms with Crippen LogP contribution in [0.15, 0.2) is 35.3 Å². The summed E-state index contributed by atoms with van der Waals surface area (Å²) in [5.41, 5.74) is 10.4. The average molecular weight is 257 g/mol. The monoisotopic (exact) mass is 257 g/mol. The fourth-order valence-electron chi connectivity index (χ4n) is 1.95. The van der Waals surface area contributed by atoms with Crippen LogP contribution in [-0.2, 0) is 6.54 Å². The number of hydrogen-bond donors (Lipinski definition) is 1. The SMILES string of the molecule is Cc1cnn(CC(N)c2ccc(C)c(C)c2)c(=O)c1. The number of aromatic nitrogens is 2. The fraction of sp³-hybridized carbons (Fsp3) is 0.333. The van der Waals surface area contributed by atoms with Gasteiger partial charge in [0.25, 0.3) is 5.56 Å². The topological polar surface area (TPSA) is 60.9 Å². The van der Waals surface area contributed by atoms with Crippen LogP contribution in [0.1, 0.15) is 28.3 Å². The largest absolute Gasteiger partial charge is 0.322 e. The highest BCUT2D eigenvalue weighted by molar-refractivity contribution is 5.31. The van der Waals surface area contributed by atoms with Gasteiger partial charge in [0.15, 0.2) is 0 Å². The molecule has 1 unspecified atom stereocenters. The van der Waals surface area contributed by atoms with Crippen LogP contribution >= 0.6 is 0 Å². The quantitative estimate of drug-likeness (QED) is 0.913. The maximum absolute atomic E-state index is 11.8. The zero-order valence-electron chi connectivity index (χ0n) is 11.6. The molecule has 0 bridgehead atoms. The van der Waals surface area contributed by atoms with E-state index in [0.29, 0.717) is 6.54 Å². The van der Waals surface area contributed by atoms with Crippen molar-refractivity contribution in [2.24, 2.45) is 5.73 Å². The van der Waals surface area contributed by atoms with Crippen molar-refractivity contribution >= 4 is 0 Å². The molecular formula is C15H19N3O. The van der Waals surface area contributed by atoms with Crippen molar-refractivity contribution in [2.45, 2.75) is 33.4 Å². The van der Waals surface area contributed by atoms with E-state index in [1.807, 2.05) is 13.0 Å². The lowest BCUT2D eigenvalue weighted by Gasteiger charge is -2.14. The van der Waals surface area contributed by atoms with Gasteiger partial charge in [0, 0.05) is 12.1 Å². The molecule has 2 aromatic rings. The first kappa shape index (κ1) is 13.5. The molecule has 2 rings (SSSR count). The summed E-state index contributed by atoms with van der Waals surface area (Å²) < 4.78 is 1.41. The summed E-state index contributed by atoms with van der Waals surface area (Å²) in [6.07, 6.45) is 1.68. The first-order chi connectivity index (χ1) is 8.97. The molecule has 0 aliphatic heterocycles. The Hall–Kier alpha value is -1.94. The Labute approximate surface area is 112 Å². The van der Waals surface area contributed by atoms with Crippen LogP contribution in [0.4, 0.5) is 0 Å². The van der Waals surface area contributed by atoms with Gasteiger partial charge in [-0.2, -0.15) is 5.10 Å². The third-order valence-electron chi connectivity index (χ3n) is 3.34. The summed E-state index contributed by atoms with van der Waals surface area (Å²) >= 11 is 0. The number of nitrogens with two attached hydrogens (primary N) is 1. The Bertz CT molecular complexity index is 646. The molecule has 2 N–H and O–H groups in total. The molecule has 1 heterocycles. The maximum Gasteiger partial charge on any atom is 0.267 e. The van der Waals surface area contributed by atoms with Crippen LogP contribution in [0, 0.1) is 20.8 Å². The Morgan fingerprint density at radius 1 is 1.21 bits per heavy atom. The Balaban J connectivity index is 2.22. The Kier molecular flexibility index (Phi) is 3.81. The fourth-order valence-corrected chi connectivity index (χ4v) is 1.95. The van der Waals surface area contributed by atoms with Crippen molar-refractivity contribution in [2.75, 3.05) is 0 Å². The van der Waals surface area contributed by atoms with Gasteiger partial charge in [-0.1, -0.05) is 18.2 Å². The van der Waals surface area contributed by atoms with Crippen LogP contribution in [0.5, 0.6) is 0 Å². The van der Waals surface area contributed by atoms with Crippen LogP contribution in [0.2, 0.25) is 0 Å². The smallest absolute Gasteiger partial charge is 0.267 e. The first-order valence-corrected chi connectivity index (χ1v) is 6.34. The molecule has 0 fully saturated rings. The van der Waals surface area contributed by atoms with Crippen LogP contribution < -0.4 is 11.3 Å². The van der Waals surface area contributed by atoms with Crippen LogP contribution in [-0.4, -0.2) is 9.78 Å². The minimum absolute atomic E-state index is 0.112. The highest BCUT2D eigenvalue weighted by atomic mass is 16.1. The van der Waals surface area contributed by atoms with Crippen LogP contribution in [0.3, 0.4) is 0 Å². The molecule has 0 saturated heterocycles. The predicted molar refractivity (Wildman–Crippen MR) is 76.1 cm³/mol. The summed E-state index contributed by atoms with van der Waals surface area (Å²) in [6, 6.07) is 7.47. The average Bonchev–Trinajstić information content (AvgIpc) is 2.36. The molecule has 1 atom stereocenters. The van der Waals surface area contributed by atoms with E-state index in [1.165, 1.54) is 15.8 Å². The summed E-state index contributed by atoms with van der Waals surface area (Å²) in [6.45, 7) is 6.36. The van der Waals surface area contributed by atoms with Crippen molar-refractivity contribution < 1.29 is 0 Å². The number of hydrogen-bond acceptors (Lipinski definition) is 3. The van der Waals surface area contributed by atoms with Crippen molar-refractivity contribution in [3.8, 4) is 0 Å². The van der Waals surface area contributed by atoms with Gasteiger partial charge in [0.2, 0.25) is 0 Å². The number of benzene rings is 1. The summed E-state index contributed by atoms with van der Waals surface area (Å²) in [7, 11) is 0. The van der Waals surface area contributed by atoms with E-state index < -0.39 is 0 Å². The molecule has 1 aromatic carbocycles. The lowest BCUT2D eigenvalue weighted by molar-refractivity contribution is 0.502. The van der Waals surface area contributed by atoms with Crippen molar-refractivity contribution in [1.29, 1.82) is 0 Å². The van der Waals surface area contributed by atoms with Crippen molar-refractivity contribution in [3.63, 3.8) is 0 Å². The second-order valence-corrected chi connectivity index (χ2v) is 5.00. The van der Waals surface area contributed by atoms with Gasteiger partial charge < -0.3 is 5.73 Å². The van der Waals surface area contributed by atoms with Gasteiger partial charge in [-0.15, -0.1) is 0 Å². The molecule has 0 radical (unpaired) electrons. The molecule has 0 saturated carbocycles. The van der Waals surface area contributed by atoms with Gasteiger partial charge in [0.05, 0.1) is 12.7 Å². The van der Waals surface area contributed by atoms with Gasteiger partial charge >= 0.3 is 0 Å². The van der Waals surface area contributed by atoms with E-state index in [2.05, 4.69) is 31.1 Å². The Morgan fingerprint density at radius 3 is 2.58 bits per heavy atom. The first-order valence-electron chi connectivity index (χ1n) is 6.34. The molecule has 100 valence electrons. The second kappa shape index (κ2) is 5.36. The van der Waals surface area contributed by atoms with Gasteiger partial charge in [-0.25, -0.2) is 4.68 Å². The number of rotatable bonds is 3. The molecular weight excluding hydrogens is 238 g/mol. The minimum atomic E-state index is -0.229. The Morgan fingerprint density at radius 2 is 1.95 bits per heavy atom. The normalized spacial score (nSPS) is 12.4. The van der Waals surface area contributed by atoms with Gasteiger partial charge in [0.1, 0.15) is 0 Å². The van der Waals surface area contributed by atoms with E-state index in [4.69, 9.17) is 5.73 Å². The number of aryl methyl sites for hydroxylation is 3. The zero-order chi connectivity index (χ0) is 14.0. The third-order valence-corrected chi connectivity index (χ3v) is 3.34. The standard InChI is InChI=1S/C15H19N3O/c1-10-6-15(19)18(17-8-10)9-14(16)13-5-4-11(2)12(3)7-13/h4-8,14H,9,16H2,1-3H3. The molecule has 1 aromatic heterocycles. The third kappa shape index (κ3) is 3.09. The van der Waals surface area contributed by atoms with Gasteiger partial charge in [-0.05, 0) is 43.0 Å². The molecule has 19 heavy (non-hydrogen) atoms. The van der Waals surface area contributed by atoms with E-state index in [0.717, 1.165) is 11.1 Å². The summed E-state index contributed by atoms with van der Waals surface area (Å²) in [5, 5.41) is 4.11. The molecule has 0 aliphatic rings. The van der Waals surface area contributed by atoms with E-state index in [1.54, 1.807) is 12.3 Å².